The summed E-state index contributed by atoms with van der Waals surface area (Å²) in [5, 5.41) is 21.0. The average Bonchev–Trinajstić information content (AvgIpc) is 2.84. The minimum atomic E-state index is -1.16. The maximum Gasteiger partial charge on any atom is 0.334 e. The molecule has 1 aliphatic carbocycles. The molecule has 0 saturated carbocycles. The van der Waals surface area contributed by atoms with Crippen molar-refractivity contribution in [2.45, 2.75) is 77.3 Å². The highest BCUT2D eigenvalue weighted by atomic mass is 16.6. The van der Waals surface area contributed by atoms with E-state index in [2.05, 4.69) is 6.58 Å². The van der Waals surface area contributed by atoms with E-state index >= 15 is 0 Å². The fourth-order valence-corrected chi connectivity index (χ4v) is 3.44. The third-order valence-corrected chi connectivity index (χ3v) is 5.49. The molecule has 146 valence electrons. The van der Waals surface area contributed by atoms with Crippen molar-refractivity contribution in [3.63, 3.8) is 0 Å². The number of carbonyl (C=O) groups excluding carboxylic acids is 2. The van der Waals surface area contributed by atoms with Crippen LogP contribution in [0.2, 0.25) is 0 Å². The fraction of sp³-hybridized carbons (Fsp3) is 0.700. The highest BCUT2D eigenvalue weighted by Gasteiger charge is 2.47. The largest absolute Gasteiger partial charge is 0.461 e. The van der Waals surface area contributed by atoms with Gasteiger partial charge in [0.05, 0.1) is 23.5 Å². The van der Waals surface area contributed by atoms with E-state index in [1.807, 2.05) is 6.92 Å². The zero-order chi connectivity index (χ0) is 19.6. The maximum atomic E-state index is 12.4. The average molecular weight is 366 g/mol. The smallest absolute Gasteiger partial charge is 0.334 e. The topological polar surface area (TPSA) is 93.1 Å². The maximum absolute atomic E-state index is 12.4. The first-order chi connectivity index (χ1) is 12.1. The van der Waals surface area contributed by atoms with Crippen LogP contribution < -0.4 is 0 Å². The van der Waals surface area contributed by atoms with Gasteiger partial charge in [0.15, 0.2) is 0 Å². The Morgan fingerprint density at radius 2 is 2.19 bits per heavy atom. The van der Waals surface area contributed by atoms with Crippen molar-refractivity contribution >= 4 is 11.9 Å². The molecule has 1 fully saturated rings. The summed E-state index contributed by atoms with van der Waals surface area (Å²) in [6.45, 7) is 10.9. The van der Waals surface area contributed by atoms with Gasteiger partial charge in [-0.25, -0.2) is 4.79 Å². The molecule has 26 heavy (non-hydrogen) atoms. The quantitative estimate of drug-likeness (QED) is 0.452. The summed E-state index contributed by atoms with van der Waals surface area (Å²) < 4.78 is 11.1. The summed E-state index contributed by atoms with van der Waals surface area (Å²) in [6, 6.07) is 0. The molecular weight excluding hydrogens is 336 g/mol. The second-order valence-corrected chi connectivity index (χ2v) is 7.87. The van der Waals surface area contributed by atoms with Crippen molar-refractivity contribution < 1.29 is 29.3 Å². The van der Waals surface area contributed by atoms with Crippen LogP contribution in [0, 0.1) is 11.8 Å². The van der Waals surface area contributed by atoms with Crippen molar-refractivity contribution in [3.05, 3.63) is 23.8 Å². The van der Waals surface area contributed by atoms with E-state index in [1.165, 1.54) is 0 Å². The second kappa shape index (κ2) is 7.92. The molecule has 2 aliphatic rings. The van der Waals surface area contributed by atoms with Gasteiger partial charge >= 0.3 is 11.9 Å². The monoisotopic (exact) mass is 366 g/mol. The van der Waals surface area contributed by atoms with Gasteiger partial charge in [-0.1, -0.05) is 20.4 Å². The van der Waals surface area contributed by atoms with E-state index in [9.17, 15) is 19.8 Å². The minimum absolute atomic E-state index is 0.144. The van der Waals surface area contributed by atoms with Gasteiger partial charge in [0.1, 0.15) is 12.2 Å². The van der Waals surface area contributed by atoms with Gasteiger partial charge in [0.25, 0.3) is 0 Å². The number of rotatable bonds is 3. The molecule has 0 unspecified atom stereocenters. The van der Waals surface area contributed by atoms with Crippen LogP contribution in [0.3, 0.4) is 0 Å². The van der Waals surface area contributed by atoms with Crippen LogP contribution in [0.5, 0.6) is 0 Å². The van der Waals surface area contributed by atoms with Crippen LogP contribution in [0.4, 0.5) is 0 Å². The molecule has 2 rings (SSSR count). The Kier molecular flexibility index (Phi) is 6.29. The van der Waals surface area contributed by atoms with Crippen LogP contribution in [0.25, 0.3) is 0 Å². The number of aliphatic hydroxyl groups is 2. The molecule has 0 aromatic carbocycles. The minimum Gasteiger partial charge on any atom is -0.461 e. The van der Waals surface area contributed by atoms with Crippen molar-refractivity contribution in [3.8, 4) is 0 Å². The standard InChI is InChI=1S/C20H30O6/c1-6-11(2)18(22)26-16-10-20(5,24)8-7-14(21)12(3)9-15-17(16)13(4)19(23)25-15/h9,11,14-17,21,24H,4,6-8,10H2,1-3,5H3/b12-9-/t11-,14+,15-,16-,17+,20+/m1/s1. The van der Waals surface area contributed by atoms with Crippen molar-refractivity contribution in [1.82, 2.24) is 0 Å². The molecule has 6 nitrogen and oxygen atoms in total. The first-order valence-electron chi connectivity index (χ1n) is 9.24. The molecule has 6 heteroatoms. The van der Waals surface area contributed by atoms with Gasteiger partial charge in [-0.05, 0) is 44.8 Å². The number of fused-ring (bicyclic) bond motifs is 1. The Labute approximate surface area is 154 Å². The third kappa shape index (κ3) is 4.54. The Morgan fingerprint density at radius 1 is 1.54 bits per heavy atom. The number of carbonyl (C=O) groups is 2. The first kappa shape index (κ1) is 20.6. The molecule has 6 atom stereocenters. The molecule has 0 aromatic rings. The number of hydrogen-bond donors (Lipinski definition) is 2. The van der Waals surface area contributed by atoms with Crippen molar-refractivity contribution in [2.75, 3.05) is 0 Å². The summed E-state index contributed by atoms with van der Waals surface area (Å²) in [7, 11) is 0. The van der Waals surface area contributed by atoms with Crippen LogP contribution >= 0.6 is 0 Å². The van der Waals surface area contributed by atoms with Gasteiger partial charge in [0.2, 0.25) is 0 Å². The molecule has 1 aliphatic heterocycles. The second-order valence-electron chi connectivity index (χ2n) is 7.87. The van der Waals surface area contributed by atoms with Crippen LogP contribution in [-0.2, 0) is 19.1 Å². The number of ether oxygens (including phenoxy) is 2. The molecule has 0 spiro atoms. The van der Waals surface area contributed by atoms with Gasteiger partial charge in [-0.2, -0.15) is 0 Å². The summed E-state index contributed by atoms with van der Waals surface area (Å²) >= 11 is 0. The summed E-state index contributed by atoms with van der Waals surface area (Å²) in [6.07, 6.45) is 1.07. The van der Waals surface area contributed by atoms with Crippen LogP contribution in [0.1, 0.15) is 53.4 Å². The Balaban J connectivity index is 2.42. The van der Waals surface area contributed by atoms with Crippen molar-refractivity contribution in [2.24, 2.45) is 11.8 Å². The predicted octanol–water partition coefficient (Wildman–Crippen LogP) is 2.28. The molecule has 0 radical (unpaired) electrons. The van der Waals surface area contributed by atoms with E-state index in [0.29, 0.717) is 24.8 Å². The fourth-order valence-electron chi connectivity index (χ4n) is 3.44. The van der Waals surface area contributed by atoms with Gasteiger partial charge < -0.3 is 19.7 Å². The Bertz CT molecular complexity index is 605. The first-order valence-corrected chi connectivity index (χ1v) is 9.24. The number of esters is 2. The summed E-state index contributed by atoms with van der Waals surface area (Å²) in [5.74, 6) is -1.76. The highest BCUT2D eigenvalue weighted by molar-refractivity contribution is 5.91. The van der Waals surface area contributed by atoms with Crippen LogP contribution in [-0.4, -0.2) is 46.1 Å². The third-order valence-electron chi connectivity index (χ3n) is 5.49. The molecule has 0 bridgehead atoms. The van der Waals surface area contributed by atoms with E-state index < -0.39 is 35.8 Å². The lowest BCUT2D eigenvalue weighted by Gasteiger charge is -2.34. The lowest BCUT2D eigenvalue weighted by atomic mass is 9.80. The SMILES string of the molecule is C=C1C(=O)O[C@@H]2/C=C(/C)[C@@H](O)CC[C@](C)(O)C[C@@H](OC(=O)[C@H](C)CC)[C@@H]12. The Hall–Kier alpha value is -1.66. The van der Waals surface area contributed by atoms with Crippen molar-refractivity contribution in [1.29, 1.82) is 0 Å². The Morgan fingerprint density at radius 3 is 2.81 bits per heavy atom. The summed E-state index contributed by atoms with van der Waals surface area (Å²) in [5.41, 5.74) is -0.269. The molecule has 0 aromatic heterocycles. The molecular formula is C20H30O6. The lowest BCUT2D eigenvalue weighted by Crippen LogP contribution is -2.41. The van der Waals surface area contributed by atoms with Gasteiger partial charge in [0, 0.05) is 12.0 Å². The number of hydrogen-bond acceptors (Lipinski definition) is 6. The highest BCUT2D eigenvalue weighted by Crippen LogP contribution is 2.38. The van der Waals surface area contributed by atoms with E-state index in [4.69, 9.17) is 9.47 Å². The normalized spacial score (nSPS) is 38.6. The van der Waals surface area contributed by atoms with Gasteiger partial charge in [-0.3, -0.25) is 4.79 Å². The molecule has 2 N–H and O–H groups in total. The number of aliphatic hydroxyl groups excluding tert-OH is 1. The zero-order valence-electron chi connectivity index (χ0n) is 16.0. The van der Waals surface area contributed by atoms with Crippen LogP contribution in [0.15, 0.2) is 23.8 Å². The lowest BCUT2D eigenvalue weighted by molar-refractivity contribution is -0.160. The van der Waals surface area contributed by atoms with E-state index in [0.717, 1.165) is 0 Å². The van der Waals surface area contributed by atoms with E-state index in [1.54, 1.807) is 26.8 Å². The predicted molar refractivity (Wildman–Crippen MR) is 96.1 cm³/mol. The molecule has 0 amide bonds. The van der Waals surface area contributed by atoms with Gasteiger partial charge in [-0.15, -0.1) is 0 Å². The van der Waals surface area contributed by atoms with E-state index in [-0.39, 0.29) is 23.9 Å². The molecule has 1 saturated heterocycles. The molecule has 1 heterocycles. The zero-order valence-corrected chi connectivity index (χ0v) is 16.0. The summed E-state index contributed by atoms with van der Waals surface area (Å²) in [4.78, 5) is 24.5.